The molecule has 0 radical (unpaired) electrons. The van der Waals surface area contributed by atoms with Crippen LogP contribution in [0.2, 0.25) is 0 Å². The molecule has 154 valence electrons. The summed E-state index contributed by atoms with van der Waals surface area (Å²) in [6.07, 6.45) is 13.6. The molecular formula is C24H33N5. The number of aliphatic imine (C=N–C) groups is 1. The van der Waals surface area contributed by atoms with Crippen LogP contribution in [0.4, 0.5) is 5.69 Å². The first-order valence-electron chi connectivity index (χ1n) is 11.3. The van der Waals surface area contributed by atoms with E-state index in [-0.39, 0.29) is 0 Å². The molecule has 3 aliphatic heterocycles. The average molecular weight is 392 g/mol. The zero-order chi connectivity index (χ0) is 19.6. The molecule has 1 aromatic carbocycles. The minimum Gasteiger partial charge on any atom is -0.344 e. The van der Waals surface area contributed by atoms with Gasteiger partial charge >= 0.3 is 0 Å². The predicted molar refractivity (Wildman–Crippen MR) is 122 cm³/mol. The van der Waals surface area contributed by atoms with Gasteiger partial charge in [0.2, 0.25) is 0 Å². The zero-order valence-corrected chi connectivity index (χ0v) is 17.6. The van der Waals surface area contributed by atoms with Gasteiger partial charge in [0.25, 0.3) is 0 Å². The summed E-state index contributed by atoms with van der Waals surface area (Å²) in [7, 11) is 0. The SMILES string of the molecule is Cc1ccc2c(ccn2C2CCN(CC3CCNCC3)CC2)c1N1C=CC=NC1. The lowest BCUT2D eigenvalue weighted by Gasteiger charge is -2.36. The number of hydrogen-bond acceptors (Lipinski definition) is 4. The van der Waals surface area contributed by atoms with Crippen LogP contribution in [-0.4, -0.2) is 55.1 Å². The summed E-state index contributed by atoms with van der Waals surface area (Å²) in [5, 5.41) is 4.84. The number of aromatic nitrogens is 1. The van der Waals surface area contributed by atoms with Crippen molar-refractivity contribution < 1.29 is 0 Å². The molecule has 29 heavy (non-hydrogen) atoms. The fourth-order valence-electron chi connectivity index (χ4n) is 5.37. The van der Waals surface area contributed by atoms with E-state index in [2.05, 4.69) is 62.2 Å². The van der Waals surface area contributed by atoms with Crippen LogP contribution in [0.1, 0.15) is 37.3 Å². The van der Waals surface area contributed by atoms with Gasteiger partial charge in [-0.15, -0.1) is 0 Å². The van der Waals surface area contributed by atoms with Gasteiger partial charge in [-0.1, -0.05) is 6.07 Å². The molecule has 5 nitrogen and oxygen atoms in total. The first-order chi connectivity index (χ1) is 14.3. The lowest BCUT2D eigenvalue weighted by atomic mass is 9.95. The first-order valence-corrected chi connectivity index (χ1v) is 11.3. The van der Waals surface area contributed by atoms with Gasteiger partial charge in [-0.25, -0.2) is 0 Å². The second-order valence-corrected chi connectivity index (χ2v) is 8.90. The molecule has 4 heterocycles. The highest BCUT2D eigenvalue weighted by Crippen LogP contribution is 2.35. The maximum atomic E-state index is 4.43. The number of nitrogens with zero attached hydrogens (tertiary/aromatic N) is 4. The molecule has 2 aromatic rings. The number of likely N-dealkylation sites (tertiary alicyclic amines) is 1. The third-order valence-corrected chi connectivity index (χ3v) is 6.98. The van der Waals surface area contributed by atoms with Crippen molar-refractivity contribution in [2.75, 3.05) is 44.3 Å². The van der Waals surface area contributed by atoms with Crippen LogP contribution in [-0.2, 0) is 0 Å². The quantitative estimate of drug-likeness (QED) is 0.857. The van der Waals surface area contributed by atoms with Gasteiger partial charge in [-0.05, 0) is 75.4 Å². The van der Waals surface area contributed by atoms with E-state index in [1.54, 1.807) is 0 Å². The second kappa shape index (κ2) is 8.33. The number of anilines is 1. The number of hydrogen-bond donors (Lipinski definition) is 1. The highest BCUT2D eigenvalue weighted by Gasteiger charge is 2.25. The molecule has 0 amide bonds. The Morgan fingerprint density at radius 1 is 1.07 bits per heavy atom. The lowest BCUT2D eigenvalue weighted by Crippen LogP contribution is -2.40. The third kappa shape index (κ3) is 3.86. The van der Waals surface area contributed by atoms with E-state index in [1.165, 1.54) is 80.6 Å². The van der Waals surface area contributed by atoms with Crippen LogP contribution >= 0.6 is 0 Å². The molecule has 5 heteroatoms. The van der Waals surface area contributed by atoms with Crippen molar-refractivity contribution in [1.82, 2.24) is 14.8 Å². The Balaban J connectivity index is 1.31. The van der Waals surface area contributed by atoms with E-state index in [1.807, 2.05) is 12.3 Å². The van der Waals surface area contributed by atoms with Crippen molar-refractivity contribution >= 4 is 22.8 Å². The van der Waals surface area contributed by atoms with Crippen molar-refractivity contribution in [3.63, 3.8) is 0 Å². The number of piperidine rings is 2. The van der Waals surface area contributed by atoms with Gasteiger partial charge < -0.3 is 19.7 Å². The highest BCUT2D eigenvalue weighted by molar-refractivity contribution is 5.95. The van der Waals surface area contributed by atoms with Crippen LogP contribution in [0.25, 0.3) is 10.9 Å². The number of fused-ring (bicyclic) bond motifs is 1. The topological polar surface area (TPSA) is 35.8 Å². The van der Waals surface area contributed by atoms with E-state index >= 15 is 0 Å². The summed E-state index contributed by atoms with van der Waals surface area (Å²) in [4.78, 5) is 9.41. The number of aryl methyl sites for hydroxylation is 1. The summed E-state index contributed by atoms with van der Waals surface area (Å²) in [6, 6.07) is 7.51. The van der Waals surface area contributed by atoms with Gasteiger partial charge in [0.15, 0.2) is 0 Å². The summed E-state index contributed by atoms with van der Waals surface area (Å²) in [5.41, 5.74) is 3.98. The Kier molecular flexibility index (Phi) is 5.42. The molecular weight excluding hydrogens is 358 g/mol. The molecule has 2 saturated heterocycles. The van der Waals surface area contributed by atoms with Crippen LogP contribution in [0, 0.1) is 12.8 Å². The molecule has 0 bridgehead atoms. The van der Waals surface area contributed by atoms with Crippen molar-refractivity contribution in [2.45, 2.75) is 38.6 Å². The third-order valence-electron chi connectivity index (χ3n) is 6.98. The van der Waals surface area contributed by atoms with Gasteiger partial charge in [0.05, 0.1) is 11.2 Å². The summed E-state index contributed by atoms with van der Waals surface area (Å²) in [6.45, 7) is 9.08. The Morgan fingerprint density at radius 3 is 2.66 bits per heavy atom. The van der Waals surface area contributed by atoms with E-state index in [0.29, 0.717) is 12.7 Å². The summed E-state index contributed by atoms with van der Waals surface area (Å²) < 4.78 is 2.54. The van der Waals surface area contributed by atoms with Gasteiger partial charge in [-0.2, -0.15) is 0 Å². The van der Waals surface area contributed by atoms with E-state index in [9.17, 15) is 0 Å². The van der Waals surface area contributed by atoms with E-state index in [0.717, 1.165) is 5.92 Å². The van der Waals surface area contributed by atoms with Crippen LogP contribution in [0.15, 0.2) is 41.7 Å². The summed E-state index contributed by atoms with van der Waals surface area (Å²) in [5.74, 6) is 0.894. The summed E-state index contributed by atoms with van der Waals surface area (Å²) >= 11 is 0. The Morgan fingerprint density at radius 2 is 1.90 bits per heavy atom. The predicted octanol–water partition coefficient (Wildman–Crippen LogP) is 3.95. The Hall–Kier alpha value is -2.11. The molecule has 0 atom stereocenters. The van der Waals surface area contributed by atoms with Crippen molar-refractivity contribution in [3.8, 4) is 0 Å². The molecule has 5 rings (SSSR count). The van der Waals surface area contributed by atoms with Gasteiger partial charge in [0, 0.05) is 49.7 Å². The molecule has 2 fully saturated rings. The second-order valence-electron chi connectivity index (χ2n) is 8.90. The zero-order valence-electron chi connectivity index (χ0n) is 17.6. The standard InChI is InChI=1S/C24H33N5/c1-19-3-4-23-22(24(19)28-13-2-10-26-18-28)9-16-29(23)21-7-14-27(15-8-21)17-20-5-11-25-12-6-20/h2-4,9-10,13,16,20-21,25H,5-8,11-12,14-15,17-18H2,1H3. The van der Waals surface area contributed by atoms with Gasteiger partial charge in [-0.3, -0.25) is 4.99 Å². The van der Waals surface area contributed by atoms with Crippen LogP contribution in [0.5, 0.6) is 0 Å². The lowest BCUT2D eigenvalue weighted by molar-refractivity contribution is 0.152. The molecule has 1 N–H and O–H groups in total. The van der Waals surface area contributed by atoms with Crippen molar-refractivity contribution in [3.05, 3.63) is 42.2 Å². The normalized spacial score (nSPS) is 22.0. The minimum absolute atomic E-state index is 0.613. The first kappa shape index (κ1) is 18.9. The molecule has 3 aliphatic rings. The minimum atomic E-state index is 0.613. The highest BCUT2D eigenvalue weighted by atomic mass is 15.2. The fourth-order valence-corrected chi connectivity index (χ4v) is 5.37. The van der Waals surface area contributed by atoms with Gasteiger partial charge in [0.1, 0.15) is 6.67 Å². The van der Waals surface area contributed by atoms with Crippen LogP contribution < -0.4 is 10.2 Å². The van der Waals surface area contributed by atoms with Crippen LogP contribution in [0.3, 0.4) is 0 Å². The fraction of sp³-hybridized carbons (Fsp3) is 0.542. The Labute approximate surface area is 174 Å². The van der Waals surface area contributed by atoms with Crippen molar-refractivity contribution in [1.29, 1.82) is 0 Å². The monoisotopic (exact) mass is 391 g/mol. The molecule has 1 aromatic heterocycles. The number of nitrogens with one attached hydrogen (secondary N) is 1. The maximum Gasteiger partial charge on any atom is 0.114 e. The number of allylic oxidation sites excluding steroid dienone is 1. The molecule has 0 saturated carbocycles. The maximum absolute atomic E-state index is 4.43. The average Bonchev–Trinajstić information content (AvgIpc) is 3.19. The molecule has 0 unspecified atom stereocenters. The number of rotatable bonds is 4. The molecule has 0 aliphatic carbocycles. The Bertz CT molecular complexity index is 897. The van der Waals surface area contributed by atoms with E-state index in [4.69, 9.17) is 0 Å². The number of benzene rings is 1. The van der Waals surface area contributed by atoms with E-state index < -0.39 is 0 Å². The molecule has 0 spiro atoms. The largest absolute Gasteiger partial charge is 0.344 e. The smallest absolute Gasteiger partial charge is 0.114 e. The van der Waals surface area contributed by atoms with Crippen molar-refractivity contribution in [2.24, 2.45) is 10.9 Å².